The van der Waals surface area contributed by atoms with Crippen molar-refractivity contribution in [2.24, 2.45) is 5.92 Å². The van der Waals surface area contributed by atoms with E-state index in [4.69, 9.17) is 0 Å². The summed E-state index contributed by atoms with van der Waals surface area (Å²) in [5, 5.41) is 9.98. The van der Waals surface area contributed by atoms with Crippen LogP contribution in [0.3, 0.4) is 0 Å². The van der Waals surface area contributed by atoms with Crippen LogP contribution in [-0.2, 0) is 4.79 Å². The maximum atomic E-state index is 12.9. The van der Waals surface area contributed by atoms with Crippen molar-refractivity contribution in [3.63, 3.8) is 0 Å². The molecule has 118 valence electrons. The number of thioether (sulfide) groups is 2. The summed E-state index contributed by atoms with van der Waals surface area (Å²) in [6.45, 7) is 3.64. The quantitative estimate of drug-likeness (QED) is 0.859. The molecule has 2 aliphatic heterocycles. The molecular weight excluding hydrogens is 308 g/mol. The van der Waals surface area contributed by atoms with Crippen LogP contribution >= 0.6 is 23.5 Å². The van der Waals surface area contributed by atoms with Crippen molar-refractivity contribution in [1.29, 1.82) is 0 Å². The summed E-state index contributed by atoms with van der Waals surface area (Å²) in [6.07, 6.45) is 3.31. The van der Waals surface area contributed by atoms with Crippen LogP contribution < -0.4 is 0 Å². The van der Waals surface area contributed by atoms with Crippen LogP contribution in [0.2, 0.25) is 0 Å². The molecule has 0 aromatic rings. The Morgan fingerprint density at radius 1 is 1.29 bits per heavy atom. The van der Waals surface area contributed by atoms with Crippen LogP contribution in [-0.4, -0.2) is 68.2 Å². The van der Waals surface area contributed by atoms with Crippen molar-refractivity contribution in [3.05, 3.63) is 0 Å². The molecule has 3 unspecified atom stereocenters. The number of rotatable bonds is 3. The molecule has 1 aliphatic carbocycles. The monoisotopic (exact) mass is 330 g/mol. The molecule has 3 aliphatic rings. The highest BCUT2D eigenvalue weighted by Gasteiger charge is 2.49. The predicted octanol–water partition coefficient (Wildman–Crippen LogP) is 2.17. The molecule has 2 saturated heterocycles. The Bertz CT molecular complexity index is 430. The third-order valence-electron chi connectivity index (χ3n) is 4.43. The molecule has 7 heteroatoms. The van der Waals surface area contributed by atoms with Crippen LogP contribution in [0.25, 0.3) is 0 Å². The van der Waals surface area contributed by atoms with Crippen LogP contribution in [0, 0.1) is 5.92 Å². The molecule has 1 N–H and O–H groups in total. The highest BCUT2D eigenvalue weighted by atomic mass is 32.2. The Labute approximate surface area is 133 Å². The second-order valence-electron chi connectivity index (χ2n) is 5.95. The topological polar surface area (TPSA) is 60.9 Å². The van der Waals surface area contributed by atoms with Crippen molar-refractivity contribution in [3.8, 4) is 0 Å². The molecule has 2 amide bonds. The zero-order valence-corrected chi connectivity index (χ0v) is 13.9. The molecule has 3 atom stereocenters. The van der Waals surface area contributed by atoms with Gasteiger partial charge >= 0.3 is 12.0 Å². The fraction of sp³-hybridized carbons (Fsp3) is 0.857. The third kappa shape index (κ3) is 3.13. The van der Waals surface area contributed by atoms with E-state index in [1.165, 1.54) is 0 Å². The summed E-state index contributed by atoms with van der Waals surface area (Å²) in [7, 11) is 0. The molecule has 3 fully saturated rings. The van der Waals surface area contributed by atoms with Gasteiger partial charge in [0.05, 0.1) is 5.37 Å². The number of carbonyl (C=O) groups is 2. The fourth-order valence-corrected chi connectivity index (χ4v) is 5.81. The van der Waals surface area contributed by atoms with E-state index in [1.807, 2.05) is 16.7 Å². The highest BCUT2D eigenvalue weighted by molar-refractivity contribution is 8.00. The first-order valence-corrected chi connectivity index (χ1v) is 9.74. The molecule has 0 aromatic carbocycles. The lowest BCUT2D eigenvalue weighted by Gasteiger charge is -2.37. The van der Waals surface area contributed by atoms with Gasteiger partial charge in [0, 0.05) is 29.8 Å². The SMILES string of the molecule is CCC1CN(C(=O)N2C(C(=O)O)CSC2C2CC2)CCS1. The van der Waals surface area contributed by atoms with Gasteiger partial charge in [-0.25, -0.2) is 9.59 Å². The zero-order chi connectivity index (χ0) is 15.0. The number of carboxylic acids is 1. The minimum atomic E-state index is -0.863. The van der Waals surface area contributed by atoms with Gasteiger partial charge in [-0.05, 0) is 25.2 Å². The minimum Gasteiger partial charge on any atom is -0.480 e. The number of carboxylic acid groups (broad SMARTS) is 1. The Hall–Kier alpha value is -0.560. The van der Waals surface area contributed by atoms with Gasteiger partial charge in [0.2, 0.25) is 0 Å². The van der Waals surface area contributed by atoms with Gasteiger partial charge < -0.3 is 10.0 Å². The second kappa shape index (κ2) is 6.28. The molecule has 0 aromatic heterocycles. The lowest BCUT2D eigenvalue weighted by molar-refractivity contribution is -0.141. The number of carbonyl (C=O) groups excluding carboxylic acids is 1. The first-order chi connectivity index (χ1) is 10.1. The van der Waals surface area contributed by atoms with Gasteiger partial charge in [-0.1, -0.05) is 6.92 Å². The highest BCUT2D eigenvalue weighted by Crippen LogP contribution is 2.46. The van der Waals surface area contributed by atoms with Gasteiger partial charge in [0.1, 0.15) is 6.04 Å². The fourth-order valence-electron chi connectivity index (χ4n) is 3.01. The molecular formula is C14H22N2O3S2. The number of hydrogen-bond donors (Lipinski definition) is 1. The summed E-state index contributed by atoms with van der Waals surface area (Å²) in [6, 6.07) is -0.703. The van der Waals surface area contributed by atoms with E-state index in [-0.39, 0.29) is 11.4 Å². The summed E-state index contributed by atoms with van der Waals surface area (Å²) < 4.78 is 0. The number of urea groups is 1. The Balaban J connectivity index is 1.74. The Kier molecular flexibility index (Phi) is 4.59. The van der Waals surface area contributed by atoms with Crippen LogP contribution in [0.1, 0.15) is 26.2 Å². The molecule has 5 nitrogen and oxygen atoms in total. The van der Waals surface area contributed by atoms with Gasteiger partial charge in [-0.2, -0.15) is 11.8 Å². The van der Waals surface area contributed by atoms with E-state index < -0.39 is 12.0 Å². The number of hydrogen-bond acceptors (Lipinski definition) is 4. The summed E-state index contributed by atoms with van der Waals surface area (Å²) in [5.74, 6) is 1.13. The van der Waals surface area contributed by atoms with Gasteiger partial charge in [-0.3, -0.25) is 4.90 Å². The Morgan fingerprint density at radius 3 is 2.67 bits per heavy atom. The van der Waals surface area contributed by atoms with Crippen LogP contribution in [0.5, 0.6) is 0 Å². The molecule has 0 spiro atoms. The maximum absolute atomic E-state index is 12.9. The van der Waals surface area contributed by atoms with Crippen molar-refractivity contribution >= 4 is 35.5 Å². The number of aliphatic carboxylic acids is 1. The molecule has 21 heavy (non-hydrogen) atoms. The van der Waals surface area contributed by atoms with Gasteiger partial charge in [0.25, 0.3) is 0 Å². The Morgan fingerprint density at radius 2 is 2.05 bits per heavy atom. The molecule has 2 heterocycles. The van der Waals surface area contributed by atoms with E-state index in [9.17, 15) is 14.7 Å². The number of nitrogens with zero attached hydrogens (tertiary/aromatic N) is 2. The standard InChI is InChI=1S/C14H22N2O3S2/c1-2-10-7-15(5-6-20-10)14(19)16-11(13(17)18)8-21-12(16)9-3-4-9/h9-12H,2-8H2,1H3,(H,17,18). The van der Waals surface area contributed by atoms with Gasteiger partial charge in [-0.15, -0.1) is 11.8 Å². The average Bonchev–Trinajstić information content (AvgIpc) is 3.24. The largest absolute Gasteiger partial charge is 0.480 e. The first kappa shape index (κ1) is 15.3. The van der Waals surface area contributed by atoms with E-state index in [1.54, 1.807) is 16.7 Å². The average molecular weight is 330 g/mol. The smallest absolute Gasteiger partial charge is 0.327 e. The molecule has 1 saturated carbocycles. The zero-order valence-electron chi connectivity index (χ0n) is 12.2. The second-order valence-corrected chi connectivity index (χ2v) is 8.51. The maximum Gasteiger partial charge on any atom is 0.327 e. The van der Waals surface area contributed by atoms with Crippen LogP contribution in [0.4, 0.5) is 4.79 Å². The molecule has 0 bridgehead atoms. The third-order valence-corrected chi connectivity index (χ3v) is 7.26. The van der Waals surface area contributed by atoms with E-state index >= 15 is 0 Å². The van der Waals surface area contributed by atoms with Crippen LogP contribution in [0.15, 0.2) is 0 Å². The predicted molar refractivity (Wildman–Crippen MR) is 85.7 cm³/mol. The van der Waals surface area contributed by atoms with Gasteiger partial charge in [0.15, 0.2) is 0 Å². The normalized spacial score (nSPS) is 33.3. The summed E-state index contributed by atoms with van der Waals surface area (Å²) >= 11 is 3.57. The lowest BCUT2D eigenvalue weighted by atomic mass is 10.2. The van der Waals surface area contributed by atoms with Crippen molar-refractivity contribution in [2.45, 2.75) is 42.9 Å². The molecule has 3 rings (SSSR count). The molecule has 0 radical (unpaired) electrons. The van der Waals surface area contributed by atoms with Crippen molar-refractivity contribution < 1.29 is 14.7 Å². The summed E-state index contributed by atoms with van der Waals surface area (Å²) in [5.41, 5.74) is 0. The minimum absolute atomic E-state index is 0.0527. The van der Waals surface area contributed by atoms with E-state index in [0.29, 0.717) is 16.9 Å². The van der Waals surface area contributed by atoms with Crippen molar-refractivity contribution in [1.82, 2.24) is 9.80 Å². The van der Waals surface area contributed by atoms with Crippen molar-refractivity contribution in [2.75, 3.05) is 24.6 Å². The van der Waals surface area contributed by atoms with E-state index in [0.717, 1.165) is 38.1 Å². The summed E-state index contributed by atoms with van der Waals surface area (Å²) in [4.78, 5) is 27.9. The number of amides is 2. The first-order valence-electron chi connectivity index (χ1n) is 7.65. The lowest BCUT2D eigenvalue weighted by Crippen LogP contribution is -2.54. The van der Waals surface area contributed by atoms with E-state index in [2.05, 4.69) is 6.92 Å².